The second-order valence-electron chi connectivity index (χ2n) is 12.7. The Morgan fingerprint density at radius 3 is 1.11 bits per heavy atom. The lowest BCUT2D eigenvalue weighted by molar-refractivity contribution is -0.136. The Bertz CT molecular complexity index is 2460. The van der Waals surface area contributed by atoms with Crippen molar-refractivity contribution in [1.82, 2.24) is 0 Å². The van der Waals surface area contributed by atoms with Crippen LogP contribution in [0.3, 0.4) is 0 Å². The molecule has 0 unspecified atom stereocenters. The van der Waals surface area contributed by atoms with E-state index < -0.39 is 11.7 Å². The molecule has 2 aliphatic rings. The minimum Gasteiger partial charge on any atom is -0.307 e. The van der Waals surface area contributed by atoms with E-state index in [0.717, 1.165) is 42.3 Å². The molecule has 0 aliphatic carbocycles. The number of alkyl halides is 3. The van der Waals surface area contributed by atoms with Crippen molar-refractivity contribution in [2.24, 2.45) is 0 Å². The molecule has 0 bridgehead atoms. The van der Waals surface area contributed by atoms with Gasteiger partial charge in [-0.1, -0.05) is 96.3 Å². The normalized spacial score (nSPS) is 12.8. The third-order valence-electron chi connectivity index (χ3n) is 9.48. The van der Waals surface area contributed by atoms with Crippen LogP contribution in [0.25, 0.3) is 22.3 Å². The number of halogens is 3. The molecular weight excluding hydrogens is 718 g/mol. The predicted molar refractivity (Wildman–Crippen MR) is 209 cm³/mol. The molecule has 0 N–H and O–H groups in total. The van der Waals surface area contributed by atoms with E-state index in [-0.39, 0.29) is 33.4 Å². The van der Waals surface area contributed by atoms with Gasteiger partial charge in [-0.2, -0.15) is 23.7 Å². The summed E-state index contributed by atoms with van der Waals surface area (Å²) >= 11 is 3.13. The number of anilines is 6. The van der Waals surface area contributed by atoms with E-state index in [1.165, 1.54) is 12.1 Å². The summed E-state index contributed by atoms with van der Waals surface area (Å²) in [6.45, 7) is 0. The molecule has 4 nitrogen and oxygen atoms in total. The molecule has 9 rings (SSSR count). The van der Waals surface area contributed by atoms with Gasteiger partial charge in [-0.25, -0.2) is 0 Å². The van der Waals surface area contributed by atoms with Crippen LogP contribution in [0.2, 0.25) is 0 Å². The monoisotopic (exact) mass is 742 g/mol. The molecule has 2 aliphatic heterocycles. The smallest absolute Gasteiger partial charge is 0.307 e. The van der Waals surface area contributed by atoms with E-state index >= 15 is 13.2 Å². The number of hydrogen-bond acceptors (Lipinski definition) is 6. The molecule has 0 fully saturated rings. The highest BCUT2D eigenvalue weighted by molar-refractivity contribution is 8.00. The van der Waals surface area contributed by atoms with Crippen molar-refractivity contribution in [2.45, 2.75) is 25.8 Å². The molecular formula is C45H25F3N4S2. The quantitative estimate of drug-likeness (QED) is 0.179. The van der Waals surface area contributed by atoms with Crippen LogP contribution in [-0.2, 0) is 6.18 Å². The molecule has 258 valence electrons. The van der Waals surface area contributed by atoms with Crippen molar-refractivity contribution in [3.05, 3.63) is 168 Å². The van der Waals surface area contributed by atoms with E-state index in [4.69, 9.17) is 0 Å². The van der Waals surface area contributed by atoms with Crippen molar-refractivity contribution in [1.29, 1.82) is 10.5 Å². The van der Waals surface area contributed by atoms with Crippen LogP contribution < -0.4 is 9.80 Å². The average Bonchev–Trinajstić information content (AvgIpc) is 3.21. The summed E-state index contributed by atoms with van der Waals surface area (Å²) in [6.07, 6.45) is -4.91. The van der Waals surface area contributed by atoms with E-state index in [1.54, 1.807) is 59.9 Å². The fraction of sp³-hybridized carbons (Fsp3) is 0.0222. The maximum Gasteiger partial charge on any atom is 0.417 e. The highest BCUT2D eigenvalue weighted by Crippen LogP contribution is 2.61. The molecule has 0 atom stereocenters. The van der Waals surface area contributed by atoms with Gasteiger partial charge in [0, 0.05) is 30.7 Å². The third-order valence-corrected chi connectivity index (χ3v) is 11.7. The lowest BCUT2D eigenvalue weighted by atomic mass is 9.86. The first-order valence-electron chi connectivity index (χ1n) is 17.0. The van der Waals surface area contributed by atoms with Gasteiger partial charge in [0.2, 0.25) is 0 Å². The Balaban J connectivity index is 1.51. The van der Waals surface area contributed by atoms with Gasteiger partial charge < -0.3 is 9.80 Å². The second kappa shape index (κ2) is 13.2. The van der Waals surface area contributed by atoms with Crippen LogP contribution in [0, 0.1) is 22.7 Å². The van der Waals surface area contributed by atoms with Gasteiger partial charge in [0.15, 0.2) is 0 Å². The largest absolute Gasteiger partial charge is 0.417 e. The van der Waals surface area contributed by atoms with Gasteiger partial charge in [0.05, 0.1) is 63.0 Å². The summed E-state index contributed by atoms with van der Waals surface area (Å²) in [6, 6.07) is 49.6. The zero-order chi connectivity index (χ0) is 37.0. The van der Waals surface area contributed by atoms with Crippen LogP contribution in [0.4, 0.5) is 47.3 Å². The Hall–Kier alpha value is -6.39. The number of nitrogens with zero attached hydrogens (tertiary/aromatic N) is 4. The summed E-state index contributed by atoms with van der Waals surface area (Å²) in [5, 5.41) is 20.0. The van der Waals surface area contributed by atoms with Crippen LogP contribution >= 0.6 is 23.5 Å². The molecule has 0 aromatic heterocycles. The molecule has 0 spiro atoms. The van der Waals surface area contributed by atoms with Gasteiger partial charge in [-0.05, 0) is 90.0 Å². The maximum atomic E-state index is 16.5. The minimum atomic E-state index is -4.91. The Morgan fingerprint density at radius 1 is 0.426 bits per heavy atom. The molecule has 0 radical (unpaired) electrons. The molecule has 7 aromatic rings. The van der Waals surface area contributed by atoms with Crippen LogP contribution in [0.15, 0.2) is 171 Å². The third kappa shape index (κ3) is 5.57. The Labute approximate surface area is 318 Å². The zero-order valence-electron chi connectivity index (χ0n) is 28.2. The van der Waals surface area contributed by atoms with E-state index in [1.807, 2.05) is 113 Å². The first-order valence-corrected chi connectivity index (χ1v) is 18.6. The van der Waals surface area contributed by atoms with Crippen LogP contribution in [0.5, 0.6) is 0 Å². The Morgan fingerprint density at radius 2 is 0.778 bits per heavy atom. The Kier molecular flexibility index (Phi) is 8.19. The van der Waals surface area contributed by atoms with Crippen molar-refractivity contribution in [3.63, 3.8) is 0 Å². The lowest BCUT2D eigenvalue weighted by Crippen LogP contribution is -2.22. The number of nitriles is 2. The fourth-order valence-corrected chi connectivity index (χ4v) is 9.41. The SMILES string of the molecule is N#Cc1cccc(-c2c(N3c4ccccc4Sc4ccccc43)cc(N3c4ccccc4Sc4ccccc43)c(-c3cccc(C#N)c3)c2C(F)(F)F)c1. The van der Waals surface area contributed by atoms with Gasteiger partial charge in [0.25, 0.3) is 0 Å². The topological polar surface area (TPSA) is 54.1 Å². The summed E-state index contributed by atoms with van der Waals surface area (Å²) < 4.78 is 49.6. The fourth-order valence-electron chi connectivity index (χ4n) is 7.29. The summed E-state index contributed by atoms with van der Waals surface area (Å²) in [5.74, 6) is 0. The van der Waals surface area contributed by atoms with Gasteiger partial charge in [0.1, 0.15) is 0 Å². The standard InChI is InChI=1S/C45H25F3N4S2/c46-45(47,48)44-42(30-13-9-11-28(23-30)26-49)36(51-32-15-1-5-19-38(32)53-39-20-6-2-16-33(39)51)25-37(43(44)31-14-10-12-29(24-31)27-50)52-34-17-3-7-21-40(34)54-41-22-8-4-18-35(41)52/h1-25H. The van der Waals surface area contributed by atoms with Crippen molar-refractivity contribution in [3.8, 4) is 34.4 Å². The molecule has 9 heteroatoms. The van der Waals surface area contributed by atoms with Crippen molar-refractivity contribution >= 4 is 57.6 Å². The number of para-hydroxylation sites is 4. The van der Waals surface area contributed by atoms with E-state index in [0.29, 0.717) is 11.4 Å². The highest BCUT2D eigenvalue weighted by Gasteiger charge is 2.43. The van der Waals surface area contributed by atoms with Crippen LogP contribution in [0.1, 0.15) is 16.7 Å². The molecule has 0 saturated heterocycles. The second-order valence-corrected chi connectivity index (χ2v) is 14.8. The molecule has 0 saturated carbocycles. The number of rotatable bonds is 4. The molecule has 7 aromatic carbocycles. The number of hydrogen-bond donors (Lipinski definition) is 0. The maximum absolute atomic E-state index is 16.5. The highest BCUT2D eigenvalue weighted by atomic mass is 32.2. The predicted octanol–water partition coefficient (Wildman–Crippen LogP) is 13.7. The first kappa shape index (κ1) is 33.4. The summed E-state index contributed by atoms with van der Waals surface area (Å²) in [5.41, 5.74) is 3.41. The van der Waals surface area contributed by atoms with Gasteiger partial charge in [-0.3, -0.25) is 0 Å². The summed E-state index contributed by atoms with van der Waals surface area (Å²) in [4.78, 5) is 7.39. The number of benzene rings is 7. The van der Waals surface area contributed by atoms with Gasteiger partial charge >= 0.3 is 6.18 Å². The average molecular weight is 743 g/mol. The van der Waals surface area contributed by atoms with E-state index in [9.17, 15) is 10.5 Å². The van der Waals surface area contributed by atoms with E-state index in [2.05, 4.69) is 12.1 Å². The lowest BCUT2D eigenvalue weighted by Gasteiger charge is -2.39. The minimum absolute atomic E-state index is 0.0785. The first-order chi connectivity index (χ1) is 26.3. The summed E-state index contributed by atoms with van der Waals surface area (Å²) in [7, 11) is 0. The van der Waals surface area contributed by atoms with Crippen LogP contribution in [-0.4, -0.2) is 0 Å². The number of fused-ring (bicyclic) bond motifs is 4. The molecule has 2 heterocycles. The van der Waals surface area contributed by atoms with Gasteiger partial charge in [-0.15, -0.1) is 0 Å². The van der Waals surface area contributed by atoms with Crippen molar-refractivity contribution < 1.29 is 13.2 Å². The molecule has 54 heavy (non-hydrogen) atoms. The zero-order valence-corrected chi connectivity index (χ0v) is 29.8. The molecule has 0 amide bonds. The van der Waals surface area contributed by atoms with Crippen molar-refractivity contribution in [2.75, 3.05) is 9.80 Å².